The molecule has 0 aliphatic carbocycles. The zero-order chi connectivity index (χ0) is 19.4. The molecule has 1 saturated heterocycles. The van der Waals surface area contributed by atoms with E-state index in [1.54, 1.807) is 29.2 Å². The smallest absolute Gasteiger partial charge is 0.316 e. The van der Waals surface area contributed by atoms with Gasteiger partial charge in [0.1, 0.15) is 12.0 Å². The summed E-state index contributed by atoms with van der Waals surface area (Å²) in [6.45, 7) is 4.45. The van der Waals surface area contributed by atoms with Crippen LogP contribution in [0.5, 0.6) is 5.75 Å². The first kappa shape index (κ1) is 18.8. The molecule has 0 bridgehead atoms. The number of rotatable bonds is 6. The van der Waals surface area contributed by atoms with Crippen molar-refractivity contribution in [2.24, 2.45) is 5.92 Å². The lowest BCUT2D eigenvalue weighted by atomic mass is 10.0. The molecule has 0 aromatic heterocycles. The molecule has 0 spiro atoms. The van der Waals surface area contributed by atoms with E-state index < -0.39 is 11.9 Å². The van der Waals surface area contributed by atoms with Crippen LogP contribution in [0.25, 0.3) is 0 Å². The summed E-state index contributed by atoms with van der Waals surface area (Å²) in [6, 6.07) is 12.4. The van der Waals surface area contributed by atoms with Crippen LogP contribution < -0.4 is 9.64 Å². The topological polar surface area (TPSA) is 63.7 Å². The molecule has 1 amide bonds. The molecule has 0 radical (unpaired) electrons. The second-order valence-corrected chi connectivity index (χ2v) is 6.65. The minimum absolute atomic E-state index is 0.0520. The number of carbonyl (C=O) groups excluding carboxylic acids is 3. The van der Waals surface area contributed by atoms with Crippen LogP contribution in [0.2, 0.25) is 0 Å². The van der Waals surface area contributed by atoms with Crippen LogP contribution in [0.3, 0.4) is 0 Å². The highest BCUT2D eigenvalue weighted by atomic mass is 16.5. The summed E-state index contributed by atoms with van der Waals surface area (Å²) in [7, 11) is 0. The van der Waals surface area contributed by atoms with Gasteiger partial charge in [-0.2, -0.15) is 0 Å². The largest absolute Gasteiger partial charge is 0.426 e. The molecule has 1 fully saturated rings. The van der Waals surface area contributed by atoms with Crippen LogP contribution in [-0.4, -0.2) is 24.7 Å². The van der Waals surface area contributed by atoms with Gasteiger partial charge in [-0.1, -0.05) is 32.0 Å². The number of hydrogen-bond acceptors (Lipinski definition) is 4. The van der Waals surface area contributed by atoms with E-state index in [1.165, 1.54) is 0 Å². The van der Waals surface area contributed by atoms with E-state index in [0.29, 0.717) is 17.9 Å². The second-order valence-electron chi connectivity index (χ2n) is 6.65. The van der Waals surface area contributed by atoms with Gasteiger partial charge in [-0.05, 0) is 48.2 Å². The maximum atomic E-state index is 12.6. The molecule has 3 rings (SSSR count). The van der Waals surface area contributed by atoms with Crippen molar-refractivity contribution in [3.05, 3.63) is 59.2 Å². The first-order valence-corrected chi connectivity index (χ1v) is 9.25. The molecule has 27 heavy (non-hydrogen) atoms. The Labute approximate surface area is 158 Å². The van der Waals surface area contributed by atoms with Crippen molar-refractivity contribution < 1.29 is 19.1 Å². The first-order valence-electron chi connectivity index (χ1n) is 9.25. The van der Waals surface area contributed by atoms with Crippen molar-refractivity contribution in [3.63, 3.8) is 0 Å². The third-order valence-corrected chi connectivity index (χ3v) is 4.93. The van der Waals surface area contributed by atoms with Gasteiger partial charge in [0, 0.05) is 24.2 Å². The van der Waals surface area contributed by atoms with Gasteiger partial charge in [0.25, 0.3) is 0 Å². The zero-order valence-corrected chi connectivity index (χ0v) is 15.6. The van der Waals surface area contributed by atoms with Gasteiger partial charge in [0.05, 0.1) is 5.92 Å². The lowest BCUT2D eigenvalue weighted by molar-refractivity contribution is -0.139. The third-order valence-electron chi connectivity index (χ3n) is 4.93. The molecule has 0 unspecified atom stereocenters. The molecule has 0 saturated carbocycles. The number of hydrogen-bond donors (Lipinski definition) is 0. The molecule has 2 aromatic rings. The van der Waals surface area contributed by atoms with Gasteiger partial charge in [0.2, 0.25) is 5.91 Å². The molecule has 5 nitrogen and oxygen atoms in total. The highest BCUT2D eigenvalue weighted by Gasteiger charge is 2.37. The third kappa shape index (κ3) is 3.92. The Balaban J connectivity index is 1.77. The molecule has 5 heteroatoms. The van der Waals surface area contributed by atoms with Gasteiger partial charge >= 0.3 is 5.97 Å². The molecule has 2 aromatic carbocycles. The van der Waals surface area contributed by atoms with Crippen LogP contribution in [0.4, 0.5) is 5.69 Å². The van der Waals surface area contributed by atoms with Crippen molar-refractivity contribution in [3.8, 4) is 5.75 Å². The number of nitrogens with zero attached hydrogens (tertiary/aromatic N) is 1. The fraction of sp³-hybridized carbons (Fsp3) is 0.318. The summed E-state index contributed by atoms with van der Waals surface area (Å²) in [4.78, 5) is 37.6. The van der Waals surface area contributed by atoms with E-state index in [-0.39, 0.29) is 12.3 Å². The lowest BCUT2D eigenvalue weighted by Crippen LogP contribution is -2.29. The number of anilines is 1. The van der Waals surface area contributed by atoms with Crippen molar-refractivity contribution in [2.75, 3.05) is 11.4 Å². The lowest BCUT2D eigenvalue weighted by Gasteiger charge is -2.23. The summed E-state index contributed by atoms with van der Waals surface area (Å²) >= 11 is 0. The Kier molecular flexibility index (Phi) is 5.69. The molecule has 1 aliphatic rings. The molecular weight excluding hydrogens is 342 g/mol. The normalized spacial score (nSPS) is 16.4. The average molecular weight is 365 g/mol. The molecule has 0 N–H and O–H groups in total. The number of amides is 1. The Morgan fingerprint density at radius 3 is 2.30 bits per heavy atom. The van der Waals surface area contributed by atoms with E-state index in [4.69, 9.17) is 4.74 Å². The monoisotopic (exact) mass is 365 g/mol. The van der Waals surface area contributed by atoms with Crippen LogP contribution in [-0.2, 0) is 22.4 Å². The molecule has 1 heterocycles. The fourth-order valence-electron chi connectivity index (χ4n) is 3.46. The van der Waals surface area contributed by atoms with E-state index in [0.717, 1.165) is 35.9 Å². The van der Waals surface area contributed by atoms with Gasteiger partial charge in [-0.25, -0.2) is 0 Å². The maximum Gasteiger partial charge on any atom is 0.316 e. The van der Waals surface area contributed by atoms with E-state index in [1.807, 2.05) is 18.2 Å². The molecule has 140 valence electrons. The van der Waals surface area contributed by atoms with Crippen molar-refractivity contribution in [1.29, 1.82) is 0 Å². The van der Waals surface area contributed by atoms with Crippen LogP contribution in [0.1, 0.15) is 41.8 Å². The number of aldehydes is 1. The predicted octanol–water partition coefficient (Wildman–Crippen LogP) is 3.58. The van der Waals surface area contributed by atoms with Crippen LogP contribution in [0.15, 0.2) is 42.5 Å². The number of benzene rings is 2. The second kappa shape index (κ2) is 8.16. The van der Waals surface area contributed by atoms with Crippen molar-refractivity contribution in [2.45, 2.75) is 33.1 Å². The Bertz CT molecular complexity index is 835. The highest BCUT2D eigenvalue weighted by Crippen LogP contribution is 2.33. The summed E-state index contributed by atoms with van der Waals surface area (Å²) in [6.07, 6.45) is 2.53. The minimum atomic E-state index is -0.502. The number of esters is 1. The summed E-state index contributed by atoms with van der Waals surface area (Å²) in [5.74, 6) is -0.599. The summed E-state index contributed by atoms with van der Waals surface area (Å²) in [5.41, 5.74) is 3.68. The molecule has 1 atom stereocenters. The van der Waals surface area contributed by atoms with E-state index in [2.05, 4.69) is 13.8 Å². The average Bonchev–Trinajstić information content (AvgIpc) is 3.09. The van der Waals surface area contributed by atoms with Gasteiger partial charge in [-0.15, -0.1) is 0 Å². The van der Waals surface area contributed by atoms with Crippen molar-refractivity contribution in [1.82, 2.24) is 0 Å². The van der Waals surface area contributed by atoms with E-state index >= 15 is 0 Å². The molecule has 1 aliphatic heterocycles. The number of aryl methyl sites for hydroxylation is 2. The Morgan fingerprint density at radius 1 is 1.11 bits per heavy atom. The van der Waals surface area contributed by atoms with Crippen molar-refractivity contribution >= 4 is 23.9 Å². The van der Waals surface area contributed by atoms with Gasteiger partial charge in [-0.3, -0.25) is 14.4 Å². The van der Waals surface area contributed by atoms with Crippen LogP contribution in [0, 0.1) is 5.92 Å². The highest BCUT2D eigenvalue weighted by molar-refractivity contribution is 6.01. The number of ether oxygens (including phenoxy) is 1. The maximum absolute atomic E-state index is 12.6. The number of carbonyl (C=O) groups is 3. The predicted molar refractivity (Wildman–Crippen MR) is 103 cm³/mol. The summed E-state index contributed by atoms with van der Waals surface area (Å²) in [5, 5.41) is 0. The van der Waals surface area contributed by atoms with Gasteiger partial charge < -0.3 is 9.64 Å². The summed E-state index contributed by atoms with van der Waals surface area (Å²) < 4.78 is 5.41. The molecular formula is C22H23NO4. The van der Waals surface area contributed by atoms with Crippen LogP contribution >= 0.6 is 0 Å². The standard InChI is InChI=1S/C22H23NO4/c1-3-16-6-5-7-17(4-2)21(16)23-13-18(12-20(23)25)22(26)27-19-10-8-15(14-24)9-11-19/h5-11,14,18H,3-4,12-13H2,1-2H3/t18-/m1/s1. The quantitative estimate of drug-likeness (QED) is 0.446. The SMILES string of the molecule is CCc1cccc(CC)c1N1C[C@H](C(=O)Oc2ccc(C=O)cc2)CC1=O. The fourth-order valence-corrected chi connectivity index (χ4v) is 3.46. The minimum Gasteiger partial charge on any atom is -0.426 e. The van der Waals surface area contributed by atoms with Gasteiger partial charge in [0.15, 0.2) is 0 Å². The van der Waals surface area contributed by atoms with E-state index in [9.17, 15) is 14.4 Å². The first-order chi connectivity index (χ1) is 13.1. The Hall–Kier alpha value is -2.95. The Morgan fingerprint density at radius 2 is 1.74 bits per heavy atom. The zero-order valence-electron chi connectivity index (χ0n) is 15.6. The number of para-hydroxylation sites is 1.